The molecule has 1 atom stereocenters. The van der Waals surface area contributed by atoms with E-state index in [9.17, 15) is 5.11 Å². The third-order valence-corrected chi connectivity index (χ3v) is 4.74. The van der Waals surface area contributed by atoms with E-state index in [-0.39, 0.29) is 6.61 Å². The predicted octanol–water partition coefficient (Wildman–Crippen LogP) is 2.15. The Bertz CT molecular complexity index is 532. The molecule has 27 heavy (non-hydrogen) atoms. The van der Waals surface area contributed by atoms with E-state index in [0.29, 0.717) is 24.0 Å². The molecular formula is C19H34N6O2. The fraction of sp³-hybridized carbons (Fsp3) is 0.632. The molecule has 0 aromatic rings. The highest BCUT2D eigenvalue weighted by Crippen LogP contribution is 2.17. The average Bonchev–Trinajstić information content (AvgIpc) is 2.70. The fourth-order valence-corrected chi connectivity index (χ4v) is 3.20. The Hall–Kier alpha value is -2.03. The minimum atomic E-state index is 0.266. The molecule has 0 unspecified atom stereocenters. The molecule has 0 bridgehead atoms. The molecule has 1 saturated heterocycles. The lowest BCUT2D eigenvalue weighted by molar-refractivity contribution is 0.0886. The van der Waals surface area contributed by atoms with Crippen LogP contribution in [-0.2, 0) is 0 Å². The summed E-state index contributed by atoms with van der Waals surface area (Å²) in [6, 6.07) is 0.345. The second-order valence-corrected chi connectivity index (χ2v) is 6.64. The van der Waals surface area contributed by atoms with Gasteiger partial charge in [0.2, 0.25) is 0 Å². The highest BCUT2D eigenvalue weighted by Gasteiger charge is 2.20. The van der Waals surface area contributed by atoms with Gasteiger partial charge in [0.05, 0.1) is 24.2 Å². The van der Waals surface area contributed by atoms with Crippen molar-refractivity contribution >= 4 is 18.3 Å². The monoisotopic (exact) mass is 378 g/mol. The largest absolute Gasteiger partial charge is 0.411 e. The Morgan fingerprint density at radius 2 is 2.07 bits per heavy atom. The number of aliphatic hydroxyl groups excluding tert-OH is 1. The normalized spacial score (nSPS) is 19.4. The van der Waals surface area contributed by atoms with Crippen LogP contribution in [0.1, 0.15) is 44.9 Å². The number of nitrogens with zero attached hydrogens (tertiary/aromatic N) is 4. The van der Waals surface area contributed by atoms with Gasteiger partial charge in [0.1, 0.15) is 6.34 Å². The van der Waals surface area contributed by atoms with Crippen LogP contribution in [0, 0.1) is 5.41 Å². The molecule has 152 valence electrons. The van der Waals surface area contributed by atoms with Crippen LogP contribution in [0.4, 0.5) is 0 Å². The van der Waals surface area contributed by atoms with Crippen molar-refractivity contribution in [3.8, 4) is 0 Å². The fourth-order valence-electron chi connectivity index (χ4n) is 3.20. The van der Waals surface area contributed by atoms with E-state index in [1.807, 2.05) is 0 Å². The van der Waals surface area contributed by atoms with Crippen molar-refractivity contribution in [1.29, 1.82) is 5.41 Å². The van der Waals surface area contributed by atoms with E-state index >= 15 is 0 Å². The van der Waals surface area contributed by atoms with Crippen molar-refractivity contribution in [3.63, 3.8) is 0 Å². The van der Waals surface area contributed by atoms with Crippen molar-refractivity contribution < 1.29 is 10.3 Å². The lowest BCUT2D eigenvalue weighted by Gasteiger charge is -2.34. The van der Waals surface area contributed by atoms with E-state index in [1.165, 1.54) is 25.1 Å². The second kappa shape index (κ2) is 14.1. The first-order valence-corrected chi connectivity index (χ1v) is 9.61. The average molecular weight is 379 g/mol. The van der Waals surface area contributed by atoms with E-state index in [4.69, 9.17) is 16.5 Å². The summed E-state index contributed by atoms with van der Waals surface area (Å²) in [5.41, 5.74) is 0.965. The van der Waals surface area contributed by atoms with E-state index < -0.39 is 0 Å². The number of hydrogen-bond donors (Lipinski definition) is 4. The third kappa shape index (κ3) is 8.94. The topological polar surface area (TPSA) is 122 Å². The number of nitrogens with two attached hydrogens (primary N) is 1. The molecule has 8 nitrogen and oxygen atoms in total. The summed E-state index contributed by atoms with van der Waals surface area (Å²) < 4.78 is 0. The maximum atomic E-state index is 9.44. The smallest absolute Gasteiger partial charge is 0.101 e. The van der Waals surface area contributed by atoms with Crippen LogP contribution in [0.15, 0.2) is 34.6 Å². The van der Waals surface area contributed by atoms with Crippen LogP contribution in [0.25, 0.3) is 0 Å². The molecule has 8 heteroatoms. The van der Waals surface area contributed by atoms with Gasteiger partial charge in [0.15, 0.2) is 0 Å². The van der Waals surface area contributed by atoms with Crippen molar-refractivity contribution in [2.75, 3.05) is 26.2 Å². The lowest BCUT2D eigenvalue weighted by Crippen LogP contribution is -2.42. The number of unbranched alkanes of at least 4 members (excludes halogenated alkanes) is 3. The summed E-state index contributed by atoms with van der Waals surface area (Å²) in [6.07, 6.45) is 13.2. The third-order valence-electron chi connectivity index (χ3n) is 4.74. The Kier molecular flexibility index (Phi) is 12.0. The van der Waals surface area contributed by atoms with Crippen molar-refractivity contribution in [3.05, 3.63) is 24.4 Å². The summed E-state index contributed by atoms with van der Waals surface area (Å²) in [5, 5.41) is 29.5. The Balaban J connectivity index is 2.35. The quantitative estimate of drug-likeness (QED) is 0.0744. The number of rotatable bonds is 13. The van der Waals surface area contributed by atoms with Gasteiger partial charge in [-0.05, 0) is 50.9 Å². The molecule has 0 spiro atoms. The van der Waals surface area contributed by atoms with Gasteiger partial charge in [-0.25, -0.2) is 5.84 Å². The molecule has 5 N–H and O–H groups in total. The highest BCUT2D eigenvalue weighted by atomic mass is 16.4. The van der Waals surface area contributed by atoms with Crippen LogP contribution in [0.2, 0.25) is 0 Å². The van der Waals surface area contributed by atoms with Crippen LogP contribution in [0.3, 0.4) is 0 Å². The van der Waals surface area contributed by atoms with Crippen LogP contribution in [0.5, 0.6) is 0 Å². The van der Waals surface area contributed by atoms with E-state index in [2.05, 4.69) is 21.6 Å². The Morgan fingerprint density at radius 3 is 2.74 bits per heavy atom. The van der Waals surface area contributed by atoms with Gasteiger partial charge in [0.25, 0.3) is 0 Å². The number of aliphatic hydroxyl groups is 1. The summed E-state index contributed by atoms with van der Waals surface area (Å²) in [6.45, 7) is 6.70. The van der Waals surface area contributed by atoms with Gasteiger partial charge in [-0.3, -0.25) is 20.3 Å². The number of hydrogen-bond acceptors (Lipinski definition) is 7. The molecule has 0 aromatic carbocycles. The number of likely N-dealkylation sites (tertiary alicyclic amines) is 1. The molecule has 1 rings (SSSR count). The molecular weight excluding hydrogens is 344 g/mol. The molecule has 0 saturated carbocycles. The lowest BCUT2D eigenvalue weighted by atomic mass is 10.0. The molecule has 1 aliphatic heterocycles. The standard InChI is InChI=1S/C19H34N6O2/c1-2-18(25(21)16-20)13-17(14-23-27)22-10-6-3-4-7-11-24-12-8-5-9-19(24)15-26/h2,13-14,16,19-20,26-27H,1,3-12,15,21H2/b18-13+,20-16?,22-17?,23-14?/t19-/m0/s1. The number of nitrogens with one attached hydrogen (secondary N) is 1. The molecule has 0 amide bonds. The highest BCUT2D eigenvalue weighted by molar-refractivity contribution is 6.35. The van der Waals surface area contributed by atoms with E-state index in [1.54, 1.807) is 6.08 Å². The van der Waals surface area contributed by atoms with Crippen LogP contribution < -0.4 is 5.84 Å². The van der Waals surface area contributed by atoms with Crippen molar-refractivity contribution in [1.82, 2.24) is 9.91 Å². The zero-order chi connectivity index (χ0) is 19.9. The molecule has 1 heterocycles. The predicted molar refractivity (Wildman–Crippen MR) is 110 cm³/mol. The molecule has 0 aromatic heterocycles. The van der Waals surface area contributed by atoms with Crippen molar-refractivity contribution in [2.24, 2.45) is 16.0 Å². The van der Waals surface area contributed by atoms with Gasteiger partial charge in [-0.15, -0.1) is 0 Å². The number of piperidine rings is 1. The van der Waals surface area contributed by atoms with Crippen LogP contribution in [-0.4, -0.2) is 70.8 Å². The van der Waals surface area contributed by atoms with Gasteiger partial charge in [0, 0.05) is 12.6 Å². The summed E-state index contributed by atoms with van der Waals surface area (Å²) in [4.78, 5) is 6.83. The Morgan fingerprint density at radius 1 is 1.30 bits per heavy atom. The zero-order valence-electron chi connectivity index (χ0n) is 16.1. The minimum absolute atomic E-state index is 0.266. The molecule has 0 aliphatic carbocycles. The SMILES string of the molecule is C=C/C(=C\C(C=NO)=NCCCCCCN1CCCC[C@H]1CO)N(N)C=N. The number of aliphatic imine (C=N–C) groups is 1. The number of oxime groups is 1. The van der Waals surface area contributed by atoms with E-state index in [0.717, 1.165) is 56.5 Å². The van der Waals surface area contributed by atoms with Gasteiger partial charge < -0.3 is 10.3 Å². The second-order valence-electron chi connectivity index (χ2n) is 6.64. The summed E-state index contributed by atoms with van der Waals surface area (Å²) >= 11 is 0. The first-order valence-electron chi connectivity index (χ1n) is 9.61. The van der Waals surface area contributed by atoms with Gasteiger partial charge in [-0.2, -0.15) is 0 Å². The summed E-state index contributed by atoms with van der Waals surface area (Å²) in [5.74, 6) is 5.63. The molecule has 1 fully saturated rings. The Labute approximate surface area is 162 Å². The first kappa shape index (κ1) is 23.0. The minimum Gasteiger partial charge on any atom is -0.411 e. The summed E-state index contributed by atoms with van der Waals surface area (Å²) in [7, 11) is 0. The van der Waals surface area contributed by atoms with Gasteiger partial charge >= 0.3 is 0 Å². The maximum absolute atomic E-state index is 9.44. The maximum Gasteiger partial charge on any atom is 0.101 e. The van der Waals surface area contributed by atoms with Crippen molar-refractivity contribution in [2.45, 2.75) is 51.0 Å². The number of allylic oxidation sites excluding steroid dienone is 2. The molecule has 0 radical (unpaired) electrons. The molecule has 1 aliphatic rings. The number of hydrazine groups is 1. The van der Waals surface area contributed by atoms with Crippen LogP contribution >= 0.6 is 0 Å². The zero-order valence-corrected chi connectivity index (χ0v) is 16.1. The first-order chi connectivity index (χ1) is 13.2. The van der Waals surface area contributed by atoms with Gasteiger partial charge in [-0.1, -0.05) is 31.0 Å².